The van der Waals surface area contributed by atoms with Crippen LogP contribution in [0.1, 0.15) is 38.3 Å². The Morgan fingerprint density at radius 3 is 2.46 bits per heavy atom. The summed E-state index contributed by atoms with van der Waals surface area (Å²) in [6.07, 6.45) is -3.76. The maximum atomic E-state index is 13.0. The third kappa shape index (κ3) is 3.88. The first-order valence-electron chi connectivity index (χ1n) is 7.71. The molecule has 2 rings (SSSR count). The van der Waals surface area contributed by atoms with Gasteiger partial charge in [0, 0.05) is 18.3 Å². The lowest BCUT2D eigenvalue weighted by atomic mass is 9.83. The first kappa shape index (κ1) is 18.3. The molecule has 1 aliphatic heterocycles. The van der Waals surface area contributed by atoms with Crippen molar-refractivity contribution in [2.75, 3.05) is 6.54 Å². The molecule has 0 aliphatic carbocycles. The minimum absolute atomic E-state index is 0.00793. The van der Waals surface area contributed by atoms with E-state index in [0.717, 1.165) is 6.07 Å². The molecule has 1 fully saturated rings. The van der Waals surface area contributed by atoms with Gasteiger partial charge in [0.1, 0.15) is 0 Å². The Hall–Kier alpha value is -2.05. The predicted octanol–water partition coefficient (Wildman–Crippen LogP) is 4.29. The molecule has 132 valence electrons. The molecule has 1 aromatic rings. The van der Waals surface area contributed by atoms with Gasteiger partial charge in [0.25, 0.3) is 0 Å². The second-order valence-corrected chi connectivity index (χ2v) is 7.01. The van der Waals surface area contributed by atoms with E-state index in [4.69, 9.17) is 0 Å². The van der Waals surface area contributed by atoms with E-state index in [9.17, 15) is 23.1 Å². The summed E-state index contributed by atoms with van der Waals surface area (Å²) in [4.78, 5) is 17.0. The molecule has 1 saturated heterocycles. The number of alkyl halides is 3. The lowest BCUT2D eigenvalue weighted by Gasteiger charge is -2.35. The minimum Gasteiger partial charge on any atom is -0.465 e. The van der Waals surface area contributed by atoms with Crippen LogP contribution in [0.3, 0.4) is 0 Å². The zero-order valence-electron chi connectivity index (χ0n) is 13.8. The highest BCUT2D eigenvalue weighted by atomic mass is 19.4. The summed E-state index contributed by atoms with van der Waals surface area (Å²) in [5, 5.41) is 9.33. The third-order valence-electron chi connectivity index (χ3n) is 4.17. The quantitative estimate of drug-likeness (QED) is 0.815. The molecule has 24 heavy (non-hydrogen) atoms. The lowest BCUT2D eigenvalue weighted by molar-refractivity contribution is -0.137. The van der Waals surface area contributed by atoms with Gasteiger partial charge in [-0.2, -0.15) is 13.2 Å². The Balaban J connectivity index is 2.31. The van der Waals surface area contributed by atoms with Crippen molar-refractivity contribution < 1.29 is 23.1 Å². The van der Waals surface area contributed by atoms with Crippen LogP contribution in [0.4, 0.5) is 18.0 Å². The molecule has 1 N–H and O–H groups in total. The van der Waals surface area contributed by atoms with Crippen LogP contribution in [0.5, 0.6) is 0 Å². The molecule has 0 aromatic heterocycles. The van der Waals surface area contributed by atoms with Gasteiger partial charge in [-0.3, -0.25) is 4.99 Å². The maximum absolute atomic E-state index is 13.0. The van der Waals surface area contributed by atoms with E-state index in [1.165, 1.54) is 29.3 Å². The minimum atomic E-state index is -4.45. The summed E-state index contributed by atoms with van der Waals surface area (Å²) in [6.45, 7) is 6.06. The fourth-order valence-corrected chi connectivity index (χ4v) is 3.24. The molecule has 0 radical (unpaired) electrons. The highest BCUT2D eigenvalue weighted by molar-refractivity contribution is 5.82. The number of amides is 1. The van der Waals surface area contributed by atoms with Crippen LogP contribution >= 0.6 is 0 Å². The first-order chi connectivity index (χ1) is 11.0. The first-order valence-corrected chi connectivity index (χ1v) is 7.71. The van der Waals surface area contributed by atoms with Gasteiger partial charge in [0.15, 0.2) is 0 Å². The maximum Gasteiger partial charge on any atom is 0.417 e. The van der Waals surface area contributed by atoms with Crippen LogP contribution in [0.2, 0.25) is 0 Å². The number of rotatable bonds is 2. The molecule has 4 nitrogen and oxygen atoms in total. The van der Waals surface area contributed by atoms with Gasteiger partial charge in [-0.15, -0.1) is 0 Å². The summed E-state index contributed by atoms with van der Waals surface area (Å²) in [6, 6.07) is 4.51. The molecule has 1 unspecified atom stereocenters. The fraction of sp³-hybridized carbons (Fsp3) is 0.529. The van der Waals surface area contributed by atoms with E-state index < -0.39 is 17.8 Å². The van der Waals surface area contributed by atoms with Crippen LogP contribution in [-0.4, -0.2) is 40.9 Å². The average Bonchev–Trinajstić information content (AvgIpc) is 2.88. The number of carboxylic acid groups (broad SMARTS) is 1. The zero-order valence-corrected chi connectivity index (χ0v) is 13.8. The van der Waals surface area contributed by atoms with E-state index in [0.29, 0.717) is 13.0 Å². The second kappa shape index (κ2) is 6.45. The van der Waals surface area contributed by atoms with Gasteiger partial charge in [-0.25, -0.2) is 4.79 Å². The van der Waals surface area contributed by atoms with Crippen molar-refractivity contribution in [3.05, 3.63) is 35.4 Å². The molecule has 0 saturated carbocycles. The Kier molecular flexibility index (Phi) is 4.92. The van der Waals surface area contributed by atoms with Crippen LogP contribution in [0.15, 0.2) is 29.3 Å². The van der Waals surface area contributed by atoms with E-state index in [1.807, 2.05) is 20.8 Å². The fourth-order valence-electron chi connectivity index (χ4n) is 3.24. The normalized spacial score (nSPS) is 22.3. The summed E-state index contributed by atoms with van der Waals surface area (Å²) in [7, 11) is 0. The van der Waals surface area contributed by atoms with Gasteiger partial charge in [0.05, 0.1) is 17.6 Å². The highest BCUT2D eigenvalue weighted by Gasteiger charge is 2.44. The van der Waals surface area contributed by atoms with E-state index in [1.54, 1.807) is 0 Å². The van der Waals surface area contributed by atoms with Crippen molar-refractivity contribution >= 4 is 12.3 Å². The molecule has 1 amide bonds. The number of likely N-dealkylation sites (tertiary alicyclic amines) is 1. The summed E-state index contributed by atoms with van der Waals surface area (Å²) >= 11 is 0. The number of nitrogens with zero attached hydrogens (tertiary/aromatic N) is 2. The van der Waals surface area contributed by atoms with Gasteiger partial charge >= 0.3 is 12.3 Å². The third-order valence-corrected chi connectivity index (χ3v) is 4.17. The number of hydrogen-bond acceptors (Lipinski definition) is 2. The van der Waals surface area contributed by atoms with Gasteiger partial charge in [-0.05, 0) is 17.9 Å². The molecule has 7 heteroatoms. The smallest absolute Gasteiger partial charge is 0.417 e. The highest BCUT2D eigenvalue weighted by Crippen LogP contribution is 2.35. The Labute approximate surface area is 139 Å². The van der Waals surface area contributed by atoms with Crippen LogP contribution in [0, 0.1) is 5.41 Å². The van der Waals surface area contributed by atoms with Crippen LogP contribution < -0.4 is 0 Å². The molecule has 1 aromatic carbocycles. The molecule has 0 bridgehead atoms. The van der Waals surface area contributed by atoms with E-state index >= 15 is 0 Å². The number of benzene rings is 1. The molecule has 2 atom stereocenters. The molecular formula is C17H21F3N2O2. The average molecular weight is 342 g/mol. The summed E-state index contributed by atoms with van der Waals surface area (Å²) in [5.41, 5.74) is -1.11. The Morgan fingerprint density at radius 1 is 1.29 bits per heavy atom. The van der Waals surface area contributed by atoms with Crippen molar-refractivity contribution in [2.45, 2.75) is 45.5 Å². The predicted molar refractivity (Wildman–Crippen MR) is 85.4 cm³/mol. The van der Waals surface area contributed by atoms with Crippen molar-refractivity contribution in [1.82, 2.24) is 4.90 Å². The van der Waals surface area contributed by atoms with Gasteiger partial charge < -0.3 is 10.0 Å². The largest absolute Gasteiger partial charge is 0.465 e. The molecule has 0 spiro atoms. The lowest BCUT2D eigenvalue weighted by Crippen LogP contribution is -2.46. The van der Waals surface area contributed by atoms with Crippen molar-refractivity contribution in [3.8, 4) is 0 Å². The topological polar surface area (TPSA) is 52.9 Å². The van der Waals surface area contributed by atoms with Crippen molar-refractivity contribution in [2.24, 2.45) is 10.4 Å². The number of hydrogen-bond donors (Lipinski definition) is 1. The molecule has 1 heterocycles. The zero-order chi connectivity index (χ0) is 18.1. The van der Waals surface area contributed by atoms with Crippen molar-refractivity contribution in [1.29, 1.82) is 0 Å². The monoisotopic (exact) mass is 342 g/mol. The van der Waals surface area contributed by atoms with Crippen LogP contribution in [0.25, 0.3) is 0 Å². The number of carbonyl (C=O) groups is 1. The summed E-state index contributed by atoms with van der Waals surface area (Å²) in [5.74, 6) is 0. The number of halogens is 3. The summed E-state index contributed by atoms with van der Waals surface area (Å²) < 4.78 is 39.1. The van der Waals surface area contributed by atoms with E-state index in [2.05, 4.69) is 4.99 Å². The standard InChI is InChI=1S/C17H21F3N2O2/c1-16(2,3)14-13(8-9-22(14)15(23)24)21-10-11-6-4-5-7-12(11)17(18,19)20/h4-7,10,13-14H,8-9H2,1-3H3,(H,23,24)/t13-,14?/m0/s1. The molecular weight excluding hydrogens is 321 g/mol. The van der Waals surface area contributed by atoms with Crippen molar-refractivity contribution in [3.63, 3.8) is 0 Å². The number of aliphatic imine (C=N–C) groups is 1. The second-order valence-electron chi connectivity index (χ2n) is 7.01. The van der Waals surface area contributed by atoms with E-state index in [-0.39, 0.29) is 23.1 Å². The Morgan fingerprint density at radius 2 is 1.92 bits per heavy atom. The SMILES string of the molecule is CC(C)(C)C1[C@@H](N=Cc2ccccc2C(F)(F)F)CCN1C(=O)O. The molecule has 1 aliphatic rings. The van der Waals surface area contributed by atoms with Crippen LogP contribution in [-0.2, 0) is 6.18 Å². The Bertz CT molecular complexity index is 635. The van der Waals surface area contributed by atoms with Gasteiger partial charge in [0.2, 0.25) is 0 Å². The van der Waals surface area contributed by atoms with Gasteiger partial charge in [-0.1, -0.05) is 39.0 Å².